The summed E-state index contributed by atoms with van der Waals surface area (Å²) >= 11 is 6.08. The molecule has 6 nitrogen and oxygen atoms in total. The quantitative estimate of drug-likeness (QED) is 0.701. The van der Waals surface area contributed by atoms with Crippen molar-refractivity contribution in [3.8, 4) is 5.75 Å². The molecule has 138 valence electrons. The normalized spacial score (nSPS) is 11.6. The van der Waals surface area contributed by atoms with Gasteiger partial charge in [0.05, 0.1) is 18.7 Å². The fraction of sp³-hybridized carbons (Fsp3) is 0.263. The third-order valence-electron chi connectivity index (χ3n) is 3.68. The summed E-state index contributed by atoms with van der Waals surface area (Å²) in [7, 11) is 1.52. The van der Waals surface area contributed by atoms with E-state index in [1.54, 1.807) is 18.2 Å². The van der Waals surface area contributed by atoms with Crippen LogP contribution in [-0.2, 0) is 27.4 Å². The van der Waals surface area contributed by atoms with Gasteiger partial charge in [-0.25, -0.2) is 0 Å². The molecule has 0 aliphatic carbocycles. The van der Waals surface area contributed by atoms with Crippen molar-refractivity contribution < 1.29 is 19.1 Å². The molecule has 2 aromatic carbocycles. The molecule has 2 amide bonds. The molecule has 0 saturated heterocycles. The maximum absolute atomic E-state index is 12.0. The Kier molecular flexibility index (Phi) is 7.44. The fourth-order valence-electron chi connectivity index (χ4n) is 2.37. The number of nitrogens with two attached hydrogens (primary N) is 1. The molecule has 0 spiro atoms. The van der Waals surface area contributed by atoms with Crippen molar-refractivity contribution in [1.29, 1.82) is 0 Å². The zero-order chi connectivity index (χ0) is 18.9. The van der Waals surface area contributed by atoms with E-state index in [0.717, 1.165) is 11.1 Å². The van der Waals surface area contributed by atoms with E-state index in [-0.39, 0.29) is 13.0 Å². The first-order valence-corrected chi connectivity index (χ1v) is 8.40. The molecule has 0 saturated carbocycles. The molecule has 7 heteroatoms. The van der Waals surface area contributed by atoms with Gasteiger partial charge in [0, 0.05) is 6.42 Å². The lowest BCUT2D eigenvalue weighted by Gasteiger charge is -2.16. The zero-order valence-corrected chi connectivity index (χ0v) is 15.2. The Bertz CT molecular complexity index is 752. The average molecular weight is 377 g/mol. The molecule has 0 aliphatic rings. The Morgan fingerprint density at radius 3 is 2.50 bits per heavy atom. The second kappa shape index (κ2) is 9.79. The molecule has 0 bridgehead atoms. The third-order valence-corrected chi connectivity index (χ3v) is 3.97. The van der Waals surface area contributed by atoms with E-state index in [1.807, 2.05) is 30.3 Å². The first kappa shape index (κ1) is 19.8. The highest BCUT2D eigenvalue weighted by Crippen LogP contribution is 2.25. The molecule has 2 rings (SSSR count). The predicted molar refractivity (Wildman–Crippen MR) is 98.9 cm³/mol. The summed E-state index contributed by atoms with van der Waals surface area (Å²) < 4.78 is 10.4. The summed E-state index contributed by atoms with van der Waals surface area (Å²) in [5, 5.41) is 3.01. The van der Waals surface area contributed by atoms with Crippen LogP contribution in [0.5, 0.6) is 5.75 Å². The van der Waals surface area contributed by atoms with E-state index < -0.39 is 17.9 Å². The summed E-state index contributed by atoms with van der Waals surface area (Å²) in [5.74, 6) is -0.512. The van der Waals surface area contributed by atoms with Gasteiger partial charge in [-0.15, -0.1) is 0 Å². The standard InChI is InChI=1S/C19H21ClN2O4/c1-25-17-8-7-14(9-15(17)20)10-16(19(21)24)22-18(23)12-26-11-13-5-3-2-4-6-13/h2-9,16H,10-12H2,1H3,(H2,21,24)(H,22,23)/t16-/m1/s1. The minimum absolute atomic E-state index is 0.165. The number of carbonyl (C=O) groups excluding carboxylic acids is 2. The number of carbonyl (C=O) groups is 2. The van der Waals surface area contributed by atoms with Gasteiger partial charge >= 0.3 is 0 Å². The minimum atomic E-state index is -0.854. The van der Waals surface area contributed by atoms with E-state index in [0.29, 0.717) is 17.4 Å². The number of benzene rings is 2. The van der Waals surface area contributed by atoms with Crippen molar-refractivity contribution in [2.24, 2.45) is 5.73 Å². The number of hydrogen-bond donors (Lipinski definition) is 2. The summed E-state index contributed by atoms with van der Waals surface area (Å²) in [6, 6.07) is 13.8. The van der Waals surface area contributed by atoms with Crippen LogP contribution < -0.4 is 15.8 Å². The van der Waals surface area contributed by atoms with E-state index in [4.69, 9.17) is 26.8 Å². The van der Waals surface area contributed by atoms with Crippen LogP contribution in [0.2, 0.25) is 5.02 Å². The number of halogens is 1. The summed E-state index contributed by atoms with van der Waals surface area (Å²) in [6.07, 6.45) is 0.226. The van der Waals surface area contributed by atoms with Gasteiger partial charge in [-0.2, -0.15) is 0 Å². The van der Waals surface area contributed by atoms with Crippen molar-refractivity contribution >= 4 is 23.4 Å². The lowest BCUT2D eigenvalue weighted by atomic mass is 10.1. The maximum Gasteiger partial charge on any atom is 0.246 e. The molecule has 0 aliphatic heterocycles. The van der Waals surface area contributed by atoms with Gasteiger partial charge in [-0.05, 0) is 23.3 Å². The predicted octanol–water partition coefficient (Wildman–Crippen LogP) is 2.08. The van der Waals surface area contributed by atoms with E-state index >= 15 is 0 Å². The first-order valence-electron chi connectivity index (χ1n) is 8.02. The molecule has 0 fully saturated rings. The van der Waals surface area contributed by atoms with Crippen LogP contribution in [0.1, 0.15) is 11.1 Å². The molecule has 0 unspecified atom stereocenters. The summed E-state index contributed by atoms with van der Waals surface area (Å²) in [6.45, 7) is 0.144. The SMILES string of the molecule is COc1ccc(C[C@@H](NC(=O)COCc2ccccc2)C(N)=O)cc1Cl. The number of methoxy groups -OCH3 is 1. The molecule has 0 aromatic heterocycles. The highest BCUT2D eigenvalue weighted by atomic mass is 35.5. The van der Waals surface area contributed by atoms with Gasteiger partial charge < -0.3 is 20.5 Å². The Labute approximate surface area is 157 Å². The van der Waals surface area contributed by atoms with Crippen molar-refractivity contribution in [3.63, 3.8) is 0 Å². The third kappa shape index (κ3) is 6.06. The Balaban J connectivity index is 1.87. The smallest absolute Gasteiger partial charge is 0.246 e. The van der Waals surface area contributed by atoms with Crippen LogP contribution in [0, 0.1) is 0 Å². The van der Waals surface area contributed by atoms with Gasteiger partial charge in [0.2, 0.25) is 11.8 Å². The number of amides is 2. The largest absolute Gasteiger partial charge is 0.495 e. The van der Waals surface area contributed by atoms with E-state index in [1.165, 1.54) is 7.11 Å². The molecular weight excluding hydrogens is 356 g/mol. The molecule has 0 radical (unpaired) electrons. The fourth-order valence-corrected chi connectivity index (χ4v) is 2.65. The topological polar surface area (TPSA) is 90.7 Å². The van der Waals surface area contributed by atoms with Crippen LogP contribution in [0.4, 0.5) is 0 Å². The van der Waals surface area contributed by atoms with E-state index in [2.05, 4.69) is 5.32 Å². The van der Waals surface area contributed by atoms with Gasteiger partial charge in [0.15, 0.2) is 0 Å². The lowest BCUT2D eigenvalue weighted by molar-refractivity contribution is -0.130. The first-order chi connectivity index (χ1) is 12.5. The van der Waals surface area contributed by atoms with Crippen LogP contribution in [-0.4, -0.2) is 31.6 Å². The van der Waals surface area contributed by atoms with Gasteiger partial charge in [-0.3, -0.25) is 9.59 Å². The molecule has 26 heavy (non-hydrogen) atoms. The molecule has 0 heterocycles. The van der Waals surface area contributed by atoms with Crippen molar-refractivity contribution in [3.05, 3.63) is 64.7 Å². The number of rotatable bonds is 9. The van der Waals surface area contributed by atoms with E-state index in [9.17, 15) is 9.59 Å². The number of ether oxygens (including phenoxy) is 2. The Morgan fingerprint density at radius 2 is 1.88 bits per heavy atom. The van der Waals surface area contributed by atoms with Crippen molar-refractivity contribution in [2.75, 3.05) is 13.7 Å². The zero-order valence-electron chi connectivity index (χ0n) is 14.4. The molecule has 3 N–H and O–H groups in total. The van der Waals surface area contributed by atoms with Crippen LogP contribution in [0.3, 0.4) is 0 Å². The average Bonchev–Trinajstić information content (AvgIpc) is 2.62. The molecular formula is C19H21ClN2O4. The second-order valence-electron chi connectivity index (χ2n) is 5.67. The highest BCUT2D eigenvalue weighted by molar-refractivity contribution is 6.32. The lowest BCUT2D eigenvalue weighted by Crippen LogP contribution is -2.47. The van der Waals surface area contributed by atoms with Gasteiger partial charge in [-0.1, -0.05) is 48.0 Å². The Morgan fingerprint density at radius 1 is 1.15 bits per heavy atom. The number of primary amides is 1. The number of nitrogens with one attached hydrogen (secondary N) is 1. The Hall–Kier alpha value is -2.57. The van der Waals surface area contributed by atoms with Crippen LogP contribution in [0.25, 0.3) is 0 Å². The van der Waals surface area contributed by atoms with Crippen molar-refractivity contribution in [2.45, 2.75) is 19.1 Å². The van der Waals surface area contributed by atoms with Crippen molar-refractivity contribution in [1.82, 2.24) is 5.32 Å². The molecule has 1 atom stereocenters. The van der Waals surface area contributed by atoms with Crippen LogP contribution >= 0.6 is 11.6 Å². The monoisotopic (exact) mass is 376 g/mol. The van der Waals surface area contributed by atoms with Gasteiger partial charge in [0.1, 0.15) is 18.4 Å². The van der Waals surface area contributed by atoms with Crippen LogP contribution in [0.15, 0.2) is 48.5 Å². The molecule has 2 aromatic rings. The summed E-state index contributed by atoms with van der Waals surface area (Å²) in [5.41, 5.74) is 7.11. The van der Waals surface area contributed by atoms with Gasteiger partial charge in [0.25, 0.3) is 0 Å². The maximum atomic E-state index is 12.0. The second-order valence-corrected chi connectivity index (χ2v) is 6.08. The summed E-state index contributed by atoms with van der Waals surface area (Å²) in [4.78, 5) is 23.7. The highest BCUT2D eigenvalue weighted by Gasteiger charge is 2.19. The number of hydrogen-bond acceptors (Lipinski definition) is 4. The minimum Gasteiger partial charge on any atom is -0.495 e.